The fourth-order valence-corrected chi connectivity index (χ4v) is 2.32. The zero-order chi connectivity index (χ0) is 14.5. The van der Waals surface area contributed by atoms with Gasteiger partial charge in [0, 0.05) is 17.7 Å². The van der Waals surface area contributed by atoms with Crippen LogP contribution in [0.4, 0.5) is 0 Å². The van der Waals surface area contributed by atoms with Gasteiger partial charge < -0.3 is 9.47 Å². The predicted molar refractivity (Wildman–Crippen MR) is 82.6 cm³/mol. The number of hydrogen-bond acceptors (Lipinski definition) is 4. The Morgan fingerprint density at radius 3 is 2.75 bits per heavy atom. The lowest BCUT2D eigenvalue weighted by Crippen LogP contribution is -2.07. The van der Waals surface area contributed by atoms with Crippen molar-refractivity contribution < 1.29 is 9.47 Å². The van der Waals surface area contributed by atoms with Gasteiger partial charge in [-0.2, -0.15) is 0 Å². The molecule has 0 N–H and O–H groups in total. The quantitative estimate of drug-likeness (QED) is 0.731. The van der Waals surface area contributed by atoms with Crippen molar-refractivity contribution in [1.82, 2.24) is 9.97 Å². The second-order valence-electron chi connectivity index (χ2n) is 3.81. The lowest BCUT2D eigenvalue weighted by molar-refractivity contribution is 0.144. The molecular formula is C13H11BrCl2N2O2. The van der Waals surface area contributed by atoms with E-state index >= 15 is 0 Å². The second kappa shape index (κ2) is 7.22. The normalized spacial score (nSPS) is 10.6. The number of benzene rings is 1. The highest BCUT2D eigenvalue weighted by atomic mass is 79.9. The highest BCUT2D eigenvalue weighted by Crippen LogP contribution is 2.34. The largest absolute Gasteiger partial charge is 0.474 e. The van der Waals surface area contributed by atoms with Gasteiger partial charge in [0.15, 0.2) is 0 Å². The first-order valence-electron chi connectivity index (χ1n) is 5.71. The Morgan fingerprint density at radius 2 is 2.05 bits per heavy atom. The molecular weight excluding hydrogens is 367 g/mol. The van der Waals surface area contributed by atoms with Gasteiger partial charge >= 0.3 is 0 Å². The van der Waals surface area contributed by atoms with Gasteiger partial charge in [-0.05, 0) is 34.1 Å². The minimum atomic E-state index is 0.380. The van der Waals surface area contributed by atoms with E-state index in [9.17, 15) is 0 Å². The van der Waals surface area contributed by atoms with E-state index in [-0.39, 0.29) is 0 Å². The Kier molecular flexibility index (Phi) is 5.60. The van der Waals surface area contributed by atoms with Crippen LogP contribution < -0.4 is 4.74 Å². The molecule has 2 aromatic rings. The van der Waals surface area contributed by atoms with Crippen LogP contribution in [-0.2, 0) is 4.74 Å². The van der Waals surface area contributed by atoms with Crippen LogP contribution in [-0.4, -0.2) is 30.3 Å². The van der Waals surface area contributed by atoms with Crippen LogP contribution in [0.15, 0.2) is 29.0 Å². The standard InChI is InChI=1S/C13H11BrCl2N2O2/c1-19-4-5-20-13-12(18-11(14)7-17-13)9-3-2-8(15)6-10(9)16/h2-3,6-7H,4-5H2,1H3. The van der Waals surface area contributed by atoms with Crippen molar-refractivity contribution in [2.24, 2.45) is 0 Å². The highest BCUT2D eigenvalue weighted by molar-refractivity contribution is 9.10. The number of rotatable bonds is 5. The van der Waals surface area contributed by atoms with Crippen molar-refractivity contribution in [1.29, 1.82) is 0 Å². The lowest BCUT2D eigenvalue weighted by Gasteiger charge is -2.11. The molecule has 0 amide bonds. The molecule has 0 aliphatic rings. The van der Waals surface area contributed by atoms with E-state index < -0.39 is 0 Å². The molecule has 0 saturated carbocycles. The van der Waals surface area contributed by atoms with Gasteiger partial charge in [0.2, 0.25) is 5.88 Å². The third kappa shape index (κ3) is 3.82. The van der Waals surface area contributed by atoms with E-state index in [0.29, 0.717) is 45.0 Å². The summed E-state index contributed by atoms with van der Waals surface area (Å²) in [5.41, 5.74) is 1.26. The molecule has 0 bridgehead atoms. The van der Waals surface area contributed by atoms with Crippen molar-refractivity contribution >= 4 is 39.1 Å². The van der Waals surface area contributed by atoms with E-state index in [1.54, 1.807) is 31.5 Å². The van der Waals surface area contributed by atoms with Gasteiger partial charge in [0.25, 0.3) is 0 Å². The molecule has 0 unspecified atom stereocenters. The molecule has 0 radical (unpaired) electrons. The van der Waals surface area contributed by atoms with Crippen molar-refractivity contribution in [2.75, 3.05) is 20.3 Å². The topological polar surface area (TPSA) is 44.2 Å². The molecule has 1 heterocycles. The molecule has 1 aromatic heterocycles. The molecule has 0 atom stereocenters. The predicted octanol–water partition coefficient (Wildman–Crippen LogP) is 4.24. The molecule has 7 heteroatoms. The summed E-state index contributed by atoms with van der Waals surface area (Å²) in [5, 5.41) is 1.05. The van der Waals surface area contributed by atoms with Gasteiger partial charge in [0.1, 0.15) is 16.9 Å². The summed E-state index contributed by atoms with van der Waals surface area (Å²) >= 11 is 15.4. The molecule has 0 saturated heterocycles. The second-order valence-corrected chi connectivity index (χ2v) is 5.47. The number of aromatic nitrogens is 2. The van der Waals surface area contributed by atoms with Crippen molar-refractivity contribution in [3.8, 4) is 17.1 Å². The Balaban J connectivity index is 2.40. The first-order chi connectivity index (χ1) is 9.61. The number of methoxy groups -OCH3 is 1. The zero-order valence-electron chi connectivity index (χ0n) is 10.6. The summed E-state index contributed by atoms with van der Waals surface area (Å²) in [6.45, 7) is 0.844. The molecule has 20 heavy (non-hydrogen) atoms. The van der Waals surface area contributed by atoms with Gasteiger partial charge in [-0.15, -0.1) is 0 Å². The maximum Gasteiger partial charge on any atom is 0.240 e. The fraction of sp³-hybridized carbons (Fsp3) is 0.231. The summed E-state index contributed by atoms with van der Waals surface area (Å²) in [5.74, 6) is 0.398. The van der Waals surface area contributed by atoms with E-state index in [1.165, 1.54) is 0 Å². The van der Waals surface area contributed by atoms with Crippen molar-refractivity contribution in [2.45, 2.75) is 0 Å². The summed E-state index contributed by atoms with van der Waals surface area (Å²) < 4.78 is 11.1. The SMILES string of the molecule is COCCOc1ncc(Br)nc1-c1ccc(Cl)cc1Cl. The molecule has 1 aromatic carbocycles. The van der Waals surface area contributed by atoms with Crippen LogP contribution in [0.1, 0.15) is 0 Å². The van der Waals surface area contributed by atoms with Crippen LogP contribution >= 0.6 is 39.1 Å². The Labute approximate surface area is 135 Å². The fourth-order valence-electron chi connectivity index (χ4n) is 1.54. The van der Waals surface area contributed by atoms with Gasteiger partial charge in [-0.1, -0.05) is 23.2 Å². The van der Waals surface area contributed by atoms with Crippen LogP contribution in [0.5, 0.6) is 5.88 Å². The zero-order valence-corrected chi connectivity index (χ0v) is 13.7. The molecule has 2 rings (SSSR count). The van der Waals surface area contributed by atoms with E-state index in [1.807, 2.05) is 0 Å². The minimum Gasteiger partial charge on any atom is -0.474 e. The molecule has 0 aliphatic heterocycles. The first-order valence-corrected chi connectivity index (χ1v) is 7.26. The maximum absolute atomic E-state index is 6.20. The molecule has 106 valence electrons. The summed E-state index contributed by atoms with van der Waals surface area (Å²) in [6, 6.07) is 5.18. The van der Waals surface area contributed by atoms with Gasteiger partial charge in [-0.3, -0.25) is 0 Å². The number of hydrogen-bond donors (Lipinski definition) is 0. The average Bonchev–Trinajstić information content (AvgIpc) is 2.41. The Hall–Kier alpha value is -0.880. The van der Waals surface area contributed by atoms with E-state index in [4.69, 9.17) is 32.7 Å². The molecule has 0 fully saturated rings. The van der Waals surface area contributed by atoms with Crippen LogP contribution in [0, 0.1) is 0 Å². The molecule has 0 spiro atoms. The Morgan fingerprint density at radius 1 is 1.25 bits per heavy atom. The van der Waals surface area contributed by atoms with Crippen LogP contribution in [0.3, 0.4) is 0 Å². The maximum atomic E-state index is 6.20. The summed E-state index contributed by atoms with van der Waals surface area (Å²) in [4.78, 5) is 8.58. The van der Waals surface area contributed by atoms with Crippen LogP contribution in [0.25, 0.3) is 11.3 Å². The lowest BCUT2D eigenvalue weighted by atomic mass is 10.1. The number of halogens is 3. The first kappa shape index (κ1) is 15.5. The smallest absolute Gasteiger partial charge is 0.240 e. The van der Waals surface area contributed by atoms with E-state index in [0.717, 1.165) is 0 Å². The summed E-state index contributed by atoms with van der Waals surface area (Å²) in [7, 11) is 1.60. The van der Waals surface area contributed by atoms with Crippen molar-refractivity contribution in [3.63, 3.8) is 0 Å². The monoisotopic (exact) mass is 376 g/mol. The summed E-state index contributed by atoms with van der Waals surface area (Å²) in [6.07, 6.45) is 1.56. The van der Waals surface area contributed by atoms with E-state index in [2.05, 4.69) is 25.9 Å². The van der Waals surface area contributed by atoms with Gasteiger partial charge in [-0.25, -0.2) is 9.97 Å². The third-order valence-electron chi connectivity index (χ3n) is 2.42. The van der Waals surface area contributed by atoms with Crippen LogP contribution in [0.2, 0.25) is 10.0 Å². The number of ether oxygens (including phenoxy) is 2. The number of nitrogens with zero attached hydrogens (tertiary/aromatic N) is 2. The molecule has 0 aliphatic carbocycles. The minimum absolute atomic E-state index is 0.380. The highest BCUT2D eigenvalue weighted by Gasteiger charge is 2.14. The van der Waals surface area contributed by atoms with Gasteiger partial charge in [0.05, 0.1) is 17.8 Å². The Bertz CT molecular complexity index is 611. The average molecular weight is 378 g/mol. The van der Waals surface area contributed by atoms with Crippen molar-refractivity contribution in [3.05, 3.63) is 39.0 Å². The molecule has 4 nitrogen and oxygen atoms in total. The third-order valence-corrected chi connectivity index (χ3v) is 3.35.